The van der Waals surface area contributed by atoms with Gasteiger partial charge in [-0.3, -0.25) is 0 Å². The fourth-order valence-corrected chi connectivity index (χ4v) is 2.76. The van der Waals surface area contributed by atoms with Gasteiger partial charge < -0.3 is 10.2 Å². The molecule has 2 nitrogen and oxygen atoms in total. The lowest BCUT2D eigenvalue weighted by molar-refractivity contribution is 0.339. The third-order valence-corrected chi connectivity index (χ3v) is 3.84. The van der Waals surface area contributed by atoms with E-state index in [1.807, 2.05) is 7.05 Å². The minimum atomic E-state index is -0.229. The summed E-state index contributed by atoms with van der Waals surface area (Å²) in [4.78, 5) is 2.17. The molecule has 17 heavy (non-hydrogen) atoms. The van der Waals surface area contributed by atoms with Crippen molar-refractivity contribution in [2.75, 3.05) is 25.0 Å². The first kappa shape index (κ1) is 12.7. The molecule has 0 amide bonds. The molecule has 2 atom stereocenters. The van der Waals surface area contributed by atoms with Crippen molar-refractivity contribution in [1.82, 2.24) is 5.32 Å². The minimum Gasteiger partial charge on any atom is -0.370 e. The van der Waals surface area contributed by atoms with E-state index in [1.54, 1.807) is 6.07 Å². The summed E-state index contributed by atoms with van der Waals surface area (Å²) < 4.78 is 13.2. The number of hydrogen-bond donors (Lipinski definition) is 1. The molecule has 2 rings (SSSR count). The monoisotopic (exact) mass is 256 g/mol. The third kappa shape index (κ3) is 2.72. The first-order valence-corrected chi connectivity index (χ1v) is 6.37. The van der Waals surface area contributed by atoms with E-state index in [2.05, 4.69) is 17.1 Å². The van der Waals surface area contributed by atoms with E-state index in [4.69, 9.17) is 11.6 Å². The lowest BCUT2D eigenvalue weighted by atomic mass is 9.93. The van der Waals surface area contributed by atoms with Crippen LogP contribution in [0.2, 0.25) is 5.02 Å². The molecule has 0 bridgehead atoms. The Balaban J connectivity index is 2.16. The number of piperidine rings is 1. The van der Waals surface area contributed by atoms with E-state index < -0.39 is 0 Å². The molecule has 0 aromatic heterocycles. The maximum absolute atomic E-state index is 13.2. The highest BCUT2D eigenvalue weighted by Gasteiger charge is 2.25. The van der Waals surface area contributed by atoms with Crippen LogP contribution in [0.25, 0.3) is 0 Å². The van der Waals surface area contributed by atoms with Gasteiger partial charge >= 0.3 is 0 Å². The standard InChI is InChI=1S/C13H18ClFN2/c1-9-8-17(6-5-12(9)16-2)13-7-10(15)3-4-11(13)14/h3-4,7,9,12,16H,5-6,8H2,1-2H3. The van der Waals surface area contributed by atoms with E-state index in [1.165, 1.54) is 12.1 Å². The van der Waals surface area contributed by atoms with Crippen LogP contribution in [0.5, 0.6) is 0 Å². The third-order valence-electron chi connectivity index (χ3n) is 3.52. The molecular formula is C13H18ClFN2. The highest BCUT2D eigenvalue weighted by atomic mass is 35.5. The number of benzene rings is 1. The first-order valence-electron chi connectivity index (χ1n) is 5.99. The quantitative estimate of drug-likeness (QED) is 0.875. The Morgan fingerprint density at radius 1 is 1.47 bits per heavy atom. The normalized spacial score (nSPS) is 25.1. The Morgan fingerprint density at radius 2 is 2.24 bits per heavy atom. The Bertz CT molecular complexity index is 397. The van der Waals surface area contributed by atoms with Gasteiger partial charge in [0.15, 0.2) is 0 Å². The highest BCUT2D eigenvalue weighted by molar-refractivity contribution is 6.33. The average Bonchev–Trinajstić information content (AvgIpc) is 2.32. The topological polar surface area (TPSA) is 15.3 Å². The largest absolute Gasteiger partial charge is 0.370 e. The second-order valence-corrected chi connectivity index (χ2v) is 5.11. The fourth-order valence-electron chi connectivity index (χ4n) is 2.52. The van der Waals surface area contributed by atoms with Crippen molar-refractivity contribution >= 4 is 17.3 Å². The van der Waals surface area contributed by atoms with Crippen LogP contribution in [0.1, 0.15) is 13.3 Å². The number of nitrogens with one attached hydrogen (secondary N) is 1. The number of halogens is 2. The molecule has 0 radical (unpaired) electrons. The lowest BCUT2D eigenvalue weighted by Crippen LogP contribution is -2.47. The molecule has 4 heteroatoms. The number of nitrogens with zero attached hydrogens (tertiary/aromatic N) is 1. The Hall–Kier alpha value is -0.800. The summed E-state index contributed by atoms with van der Waals surface area (Å²) in [5.74, 6) is 0.306. The minimum absolute atomic E-state index is 0.229. The Labute approximate surface area is 107 Å². The number of anilines is 1. The Morgan fingerprint density at radius 3 is 2.88 bits per heavy atom. The van der Waals surface area contributed by atoms with Gasteiger partial charge in [-0.2, -0.15) is 0 Å². The van der Waals surface area contributed by atoms with Crippen LogP contribution in [-0.4, -0.2) is 26.2 Å². The van der Waals surface area contributed by atoms with Crippen LogP contribution in [-0.2, 0) is 0 Å². The summed E-state index contributed by atoms with van der Waals surface area (Å²) >= 11 is 6.12. The molecule has 1 N–H and O–H groups in total. The van der Waals surface area contributed by atoms with Gasteiger partial charge in [-0.25, -0.2) is 4.39 Å². The highest BCUT2D eigenvalue weighted by Crippen LogP contribution is 2.30. The summed E-state index contributed by atoms with van der Waals surface area (Å²) in [6.07, 6.45) is 1.06. The van der Waals surface area contributed by atoms with Crippen LogP contribution in [0.3, 0.4) is 0 Å². The zero-order valence-corrected chi connectivity index (χ0v) is 11.0. The van der Waals surface area contributed by atoms with Crippen molar-refractivity contribution in [2.24, 2.45) is 5.92 Å². The molecule has 1 fully saturated rings. The molecule has 2 unspecified atom stereocenters. The molecule has 0 aliphatic carbocycles. The van der Waals surface area contributed by atoms with E-state index in [0.29, 0.717) is 17.0 Å². The van der Waals surface area contributed by atoms with Crippen molar-refractivity contribution in [3.63, 3.8) is 0 Å². The molecule has 1 heterocycles. The predicted octanol–water partition coefficient (Wildman–Crippen LogP) is 2.91. The van der Waals surface area contributed by atoms with Crippen LogP contribution in [0, 0.1) is 11.7 Å². The van der Waals surface area contributed by atoms with Crippen molar-refractivity contribution in [1.29, 1.82) is 0 Å². The maximum Gasteiger partial charge on any atom is 0.125 e. The fraction of sp³-hybridized carbons (Fsp3) is 0.538. The van der Waals surface area contributed by atoms with Gasteiger partial charge in [0.25, 0.3) is 0 Å². The summed E-state index contributed by atoms with van der Waals surface area (Å²) in [7, 11) is 1.99. The lowest BCUT2D eigenvalue weighted by Gasteiger charge is -2.38. The van der Waals surface area contributed by atoms with E-state index in [9.17, 15) is 4.39 Å². The van der Waals surface area contributed by atoms with Crippen LogP contribution < -0.4 is 10.2 Å². The van der Waals surface area contributed by atoms with Gasteiger partial charge in [-0.05, 0) is 37.6 Å². The van der Waals surface area contributed by atoms with Crippen molar-refractivity contribution < 1.29 is 4.39 Å². The smallest absolute Gasteiger partial charge is 0.125 e. The number of hydrogen-bond acceptors (Lipinski definition) is 2. The molecule has 94 valence electrons. The van der Waals surface area contributed by atoms with E-state index >= 15 is 0 Å². The second kappa shape index (κ2) is 5.23. The SMILES string of the molecule is CNC1CCN(c2cc(F)ccc2Cl)CC1C. The van der Waals surface area contributed by atoms with Crippen LogP contribution in [0.4, 0.5) is 10.1 Å². The zero-order chi connectivity index (χ0) is 12.4. The molecule has 1 aliphatic rings. The van der Waals surface area contributed by atoms with Gasteiger partial charge in [-0.1, -0.05) is 18.5 Å². The molecule has 1 aromatic rings. The van der Waals surface area contributed by atoms with E-state index in [-0.39, 0.29) is 5.82 Å². The van der Waals surface area contributed by atoms with Gasteiger partial charge in [0, 0.05) is 19.1 Å². The van der Waals surface area contributed by atoms with Crippen molar-refractivity contribution in [2.45, 2.75) is 19.4 Å². The van der Waals surface area contributed by atoms with E-state index in [0.717, 1.165) is 25.2 Å². The predicted molar refractivity (Wildman–Crippen MR) is 70.3 cm³/mol. The molecule has 1 aromatic carbocycles. The summed E-state index contributed by atoms with van der Waals surface area (Å²) in [6, 6.07) is 5.09. The van der Waals surface area contributed by atoms with Gasteiger partial charge in [0.1, 0.15) is 5.82 Å². The van der Waals surface area contributed by atoms with Gasteiger partial charge in [-0.15, -0.1) is 0 Å². The Kier molecular flexibility index (Phi) is 3.89. The maximum atomic E-state index is 13.2. The molecular weight excluding hydrogens is 239 g/mol. The van der Waals surface area contributed by atoms with Crippen LogP contribution in [0.15, 0.2) is 18.2 Å². The first-order chi connectivity index (χ1) is 8.11. The number of rotatable bonds is 2. The molecule has 0 spiro atoms. The molecule has 1 saturated heterocycles. The van der Waals surface area contributed by atoms with Gasteiger partial charge in [0.05, 0.1) is 10.7 Å². The van der Waals surface area contributed by atoms with Crippen molar-refractivity contribution in [3.05, 3.63) is 29.0 Å². The summed E-state index contributed by atoms with van der Waals surface area (Å²) in [5.41, 5.74) is 0.813. The zero-order valence-electron chi connectivity index (χ0n) is 10.2. The summed E-state index contributed by atoms with van der Waals surface area (Å²) in [6.45, 7) is 4.04. The van der Waals surface area contributed by atoms with Gasteiger partial charge in [0.2, 0.25) is 0 Å². The van der Waals surface area contributed by atoms with Crippen LogP contribution >= 0.6 is 11.6 Å². The van der Waals surface area contributed by atoms with Crippen molar-refractivity contribution in [3.8, 4) is 0 Å². The average molecular weight is 257 g/mol. The molecule has 1 aliphatic heterocycles. The summed E-state index contributed by atoms with van der Waals surface area (Å²) in [5, 5.41) is 3.94. The molecule has 0 saturated carbocycles. The second-order valence-electron chi connectivity index (χ2n) is 4.70.